The van der Waals surface area contributed by atoms with Crippen LogP contribution in [-0.2, 0) is 0 Å². The van der Waals surface area contributed by atoms with Crippen molar-refractivity contribution in [3.8, 4) is 0 Å². The zero-order chi connectivity index (χ0) is 13.5. The summed E-state index contributed by atoms with van der Waals surface area (Å²) >= 11 is 0. The van der Waals surface area contributed by atoms with Crippen LogP contribution in [0.4, 0.5) is 8.78 Å². The lowest BCUT2D eigenvalue weighted by Crippen LogP contribution is -2.40. The van der Waals surface area contributed by atoms with Gasteiger partial charge in [-0.1, -0.05) is 19.8 Å². The summed E-state index contributed by atoms with van der Waals surface area (Å²) in [7, 11) is 0. The second-order valence-corrected chi connectivity index (χ2v) is 4.17. The average Bonchev–Trinajstić information content (AvgIpc) is 2.37. The molecule has 1 aromatic rings. The summed E-state index contributed by atoms with van der Waals surface area (Å²) in [6.45, 7) is 2.31. The van der Waals surface area contributed by atoms with Gasteiger partial charge in [0.15, 0.2) is 0 Å². The highest BCUT2D eigenvalue weighted by Crippen LogP contribution is 2.10. The third kappa shape index (κ3) is 4.07. The van der Waals surface area contributed by atoms with Crippen molar-refractivity contribution in [2.24, 2.45) is 5.73 Å². The van der Waals surface area contributed by atoms with E-state index in [1.165, 1.54) is 0 Å². The molecule has 18 heavy (non-hydrogen) atoms. The SMILES string of the molecule is CCCCC(CN)NC(=O)c1cc(F)ccc1F. The second kappa shape index (κ2) is 7.06. The van der Waals surface area contributed by atoms with Crippen LogP contribution < -0.4 is 11.1 Å². The van der Waals surface area contributed by atoms with E-state index in [2.05, 4.69) is 5.32 Å². The quantitative estimate of drug-likeness (QED) is 0.820. The molecule has 1 atom stereocenters. The predicted octanol–water partition coefficient (Wildman–Crippen LogP) is 2.21. The molecule has 0 aliphatic heterocycles. The van der Waals surface area contributed by atoms with Crippen LogP contribution in [0.5, 0.6) is 0 Å². The first-order valence-electron chi connectivity index (χ1n) is 6.04. The fraction of sp³-hybridized carbons (Fsp3) is 0.462. The highest BCUT2D eigenvalue weighted by atomic mass is 19.1. The Morgan fingerprint density at radius 2 is 2.17 bits per heavy atom. The van der Waals surface area contributed by atoms with Gasteiger partial charge in [0.05, 0.1) is 5.56 Å². The number of amides is 1. The highest BCUT2D eigenvalue weighted by molar-refractivity contribution is 5.94. The topological polar surface area (TPSA) is 55.1 Å². The van der Waals surface area contributed by atoms with Gasteiger partial charge in [-0.3, -0.25) is 4.79 Å². The minimum atomic E-state index is -0.736. The molecule has 1 aromatic carbocycles. The van der Waals surface area contributed by atoms with Gasteiger partial charge in [0.2, 0.25) is 0 Å². The van der Waals surface area contributed by atoms with Gasteiger partial charge in [0.1, 0.15) is 11.6 Å². The Hall–Kier alpha value is -1.49. The lowest BCUT2D eigenvalue weighted by Gasteiger charge is -2.16. The summed E-state index contributed by atoms with van der Waals surface area (Å²) in [5.74, 6) is -2.00. The molecule has 0 aromatic heterocycles. The maximum absolute atomic E-state index is 13.4. The molecule has 1 amide bonds. The maximum Gasteiger partial charge on any atom is 0.254 e. The third-order valence-electron chi connectivity index (χ3n) is 2.70. The number of hydrogen-bond acceptors (Lipinski definition) is 2. The van der Waals surface area contributed by atoms with E-state index in [9.17, 15) is 13.6 Å². The molecule has 0 aliphatic carbocycles. The maximum atomic E-state index is 13.4. The molecule has 0 spiro atoms. The van der Waals surface area contributed by atoms with Gasteiger partial charge in [0, 0.05) is 12.6 Å². The number of carbonyl (C=O) groups excluding carboxylic acids is 1. The summed E-state index contributed by atoms with van der Waals surface area (Å²) < 4.78 is 26.3. The first kappa shape index (κ1) is 14.6. The molecule has 5 heteroatoms. The smallest absolute Gasteiger partial charge is 0.254 e. The van der Waals surface area contributed by atoms with Crippen LogP contribution in [-0.4, -0.2) is 18.5 Å². The number of nitrogens with one attached hydrogen (secondary N) is 1. The molecule has 0 aliphatic rings. The van der Waals surface area contributed by atoms with Crippen LogP contribution in [0.1, 0.15) is 36.5 Å². The Balaban J connectivity index is 2.71. The molecular formula is C13H18F2N2O. The number of rotatable bonds is 6. The second-order valence-electron chi connectivity index (χ2n) is 4.17. The number of hydrogen-bond donors (Lipinski definition) is 2. The van der Waals surface area contributed by atoms with Crippen molar-refractivity contribution in [3.05, 3.63) is 35.4 Å². The Bertz CT molecular complexity index is 410. The van der Waals surface area contributed by atoms with Crippen molar-refractivity contribution < 1.29 is 13.6 Å². The molecule has 3 nitrogen and oxygen atoms in total. The van der Waals surface area contributed by atoms with Gasteiger partial charge in [-0.2, -0.15) is 0 Å². The van der Waals surface area contributed by atoms with Crippen LogP contribution >= 0.6 is 0 Å². The summed E-state index contributed by atoms with van der Waals surface area (Å²) in [6, 6.07) is 2.59. The van der Waals surface area contributed by atoms with Crippen LogP contribution in [0.2, 0.25) is 0 Å². The number of nitrogens with two attached hydrogens (primary N) is 1. The predicted molar refractivity (Wildman–Crippen MR) is 66.2 cm³/mol. The minimum Gasteiger partial charge on any atom is -0.348 e. The summed E-state index contributed by atoms with van der Waals surface area (Å²) in [5, 5.41) is 2.62. The number of halogens is 2. The molecule has 0 radical (unpaired) electrons. The highest BCUT2D eigenvalue weighted by Gasteiger charge is 2.16. The molecule has 0 bridgehead atoms. The van der Waals surface area contributed by atoms with Gasteiger partial charge in [-0.25, -0.2) is 8.78 Å². The Labute approximate surface area is 105 Å². The molecule has 100 valence electrons. The van der Waals surface area contributed by atoms with Crippen molar-refractivity contribution in [1.82, 2.24) is 5.32 Å². The van der Waals surface area contributed by atoms with Crippen LogP contribution in [0.15, 0.2) is 18.2 Å². The summed E-state index contributed by atoms with van der Waals surface area (Å²) in [5.41, 5.74) is 5.24. The van der Waals surface area contributed by atoms with Crippen molar-refractivity contribution in [2.75, 3.05) is 6.54 Å². The monoisotopic (exact) mass is 256 g/mol. The minimum absolute atomic E-state index is 0.208. The molecule has 1 unspecified atom stereocenters. The molecule has 1 rings (SSSR count). The Morgan fingerprint density at radius 1 is 1.44 bits per heavy atom. The zero-order valence-corrected chi connectivity index (χ0v) is 10.4. The van der Waals surface area contributed by atoms with Crippen LogP contribution in [0.25, 0.3) is 0 Å². The largest absolute Gasteiger partial charge is 0.348 e. The van der Waals surface area contributed by atoms with E-state index in [0.717, 1.165) is 37.5 Å². The fourth-order valence-electron chi connectivity index (χ4n) is 1.63. The van der Waals surface area contributed by atoms with Gasteiger partial charge in [0.25, 0.3) is 5.91 Å². The van der Waals surface area contributed by atoms with Gasteiger partial charge < -0.3 is 11.1 Å². The molecule has 0 saturated heterocycles. The molecule has 3 N–H and O–H groups in total. The van der Waals surface area contributed by atoms with E-state index in [1.807, 2.05) is 6.92 Å². The van der Waals surface area contributed by atoms with Crippen molar-refractivity contribution >= 4 is 5.91 Å². The first-order valence-corrected chi connectivity index (χ1v) is 6.04. The van der Waals surface area contributed by atoms with Gasteiger partial charge in [-0.15, -0.1) is 0 Å². The standard InChI is InChI=1S/C13H18F2N2O/c1-2-3-4-10(8-16)17-13(18)11-7-9(14)5-6-12(11)15/h5-7,10H,2-4,8,16H2,1H3,(H,17,18). The van der Waals surface area contributed by atoms with E-state index in [4.69, 9.17) is 5.73 Å². The van der Waals surface area contributed by atoms with Crippen LogP contribution in [0.3, 0.4) is 0 Å². The van der Waals surface area contributed by atoms with Crippen molar-refractivity contribution in [2.45, 2.75) is 32.2 Å². The Kier molecular flexibility index (Phi) is 5.71. The van der Waals surface area contributed by atoms with Gasteiger partial charge >= 0.3 is 0 Å². The normalized spacial score (nSPS) is 12.2. The van der Waals surface area contributed by atoms with E-state index < -0.39 is 17.5 Å². The summed E-state index contributed by atoms with van der Waals surface area (Å²) in [6.07, 6.45) is 2.64. The van der Waals surface area contributed by atoms with E-state index in [0.29, 0.717) is 0 Å². The number of carbonyl (C=O) groups is 1. The molecular weight excluding hydrogens is 238 g/mol. The fourth-order valence-corrected chi connectivity index (χ4v) is 1.63. The lowest BCUT2D eigenvalue weighted by atomic mass is 10.1. The van der Waals surface area contributed by atoms with E-state index >= 15 is 0 Å². The molecule has 0 fully saturated rings. The van der Waals surface area contributed by atoms with E-state index in [-0.39, 0.29) is 18.2 Å². The van der Waals surface area contributed by atoms with E-state index in [1.54, 1.807) is 0 Å². The van der Waals surface area contributed by atoms with Gasteiger partial charge in [-0.05, 0) is 24.6 Å². The first-order chi connectivity index (χ1) is 8.58. The third-order valence-corrected chi connectivity index (χ3v) is 2.70. The summed E-state index contributed by atoms with van der Waals surface area (Å²) in [4.78, 5) is 11.8. The number of unbranched alkanes of at least 4 members (excludes halogenated alkanes) is 1. The number of benzene rings is 1. The average molecular weight is 256 g/mol. The lowest BCUT2D eigenvalue weighted by molar-refractivity contribution is 0.0931. The van der Waals surface area contributed by atoms with Crippen LogP contribution in [0, 0.1) is 11.6 Å². The molecule has 0 saturated carbocycles. The van der Waals surface area contributed by atoms with Crippen molar-refractivity contribution in [1.29, 1.82) is 0 Å². The Morgan fingerprint density at radius 3 is 2.78 bits per heavy atom. The van der Waals surface area contributed by atoms with Crippen molar-refractivity contribution in [3.63, 3.8) is 0 Å². The molecule has 0 heterocycles. The zero-order valence-electron chi connectivity index (χ0n) is 10.4.